The topological polar surface area (TPSA) is 59.5 Å². The quantitative estimate of drug-likeness (QED) is 0.785. The number of rotatable bonds is 5. The molecule has 5 nitrogen and oxygen atoms in total. The SMILES string of the molecule is CC(=O)N(c1ccccc1)c1nc(COC(=O)C2CCC2)cs1. The molecule has 0 unspecified atom stereocenters. The van der Waals surface area contributed by atoms with Crippen molar-refractivity contribution in [3.63, 3.8) is 0 Å². The first-order chi connectivity index (χ1) is 11.1. The van der Waals surface area contributed by atoms with Crippen molar-refractivity contribution in [1.29, 1.82) is 0 Å². The van der Waals surface area contributed by atoms with Crippen molar-refractivity contribution in [2.24, 2.45) is 5.92 Å². The molecule has 1 aliphatic rings. The van der Waals surface area contributed by atoms with Gasteiger partial charge in [0.25, 0.3) is 0 Å². The summed E-state index contributed by atoms with van der Waals surface area (Å²) in [6.45, 7) is 1.66. The highest BCUT2D eigenvalue weighted by molar-refractivity contribution is 7.14. The van der Waals surface area contributed by atoms with Crippen LogP contribution in [0.5, 0.6) is 0 Å². The molecule has 120 valence electrons. The maximum Gasteiger partial charge on any atom is 0.309 e. The Bertz CT molecular complexity index is 695. The van der Waals surface area contributed by atoms with Crippen LogP contribution in [0.25, 0.3) is 0 Å². The van der Waals surface area contributed by atoms with E-state index in [-0.39, 0.29) is 24.4 Å². The van der Waals surface area contributed by atoms with Crippen LogP contribution in [0.3, 0.4) is 0 Å². The van der Waals surface area contributed by atoms with Crippen LogP contribution in [0.1, 0.15) is 31.9 Å². The highest BCUT2D eigenvalue weighted by Crippen LogP contribution is 2.30. The minimum Gasteiger partial charge on any atom is -0.459 e. The number of amides is 1. The number of benzene rings is 1. The van der Waals surface area contributed by atoms with E-state index >= 15 is 0 Å². The fraction of sp³-hybridized carbons (Fsp3) is 0.353. The molecule has 1 aliphatic carbocycles. The first-order valence-electron chi connectivity index (χ1n) is 7.62. The molecule has 0 atom stereocenters. The Morgan fingerprint density at radius 2 is 2.04 bits per heavy atom. The van der Waals surface area contributed by atoms with Gasteiger partial charge in [0.2, 0.25) is 5.91 Å². The van der Waals surface area contributed by atoms with Crippen molar-refractivity contribution < 1.29 is 14.3 Å². The zero-order chi connectivity index (χ0) is 16.2. The van der Waals surface area contributed by atoms with Crippen LogP contribution < -0.4 is 4.90 Å². The second-order valence-corrected chi connectivity index (χ2v) is 6.38. The molecule has 0 aliphatic heterocycles. The molecule has 1 aromatic carbocycles. The predicted octanol–water partition coefficient (Wildman–Crippen LogP) is 3.67. The highest BCUT2D eigenvalue weighted by Gasteiger charge is 2.27. The summed E-state index contributed by atoms with van der Waals surface area (Å²) < 4.78 is 5.29. The average molecular weight is 330 g/mol. The second-order valence-electron chi connectivity index (χ2n) is 5.55. The fourth-order valence-corrected chi connectivity index (χ4v) is 3.25. The Hall–Kier alpha value is -2.21. The van der Waals surface area contributed by atoms with Gasteiger partial charge in [-0.05, 0) is 25.0 Å². The number of carbonyl (C=O) groups excluding carboxylic acids is 2. The van der Waals surface area contributed by atoms with Crippen molar-refractivity contribution in [1.82, 2.24) is 4.98 Å². The minimum atomic E-state index is -0.141. The zero-order valence-corrected chi connectivity index (χ0v) is 13.7. The van der Waals surface area contributed by atoms with Crippen LogP contribution in [0.4, 0.5) is 10.8 Å². The average Bonchev–Trinajstić information content (AvgIpc) is 2.93. The third-order valence-corrected chi connectivity index (χ3v) is 4.74. The Morgan fingerprint density at radius 1 is 1.30 bits per heavy atom. The summed E-state index contributed by atoms with van der Waals surface area (Å²) in [7, 11) is 0. The van der Waals surface area contributed by atoms with Crippen molar-refractivity contribution in [2.45, 2.75) is 32.8 Å². The predicted molar refractivity (Wildman–Crippen MR) is 88.5 cm³/mol. The minimum absolute atomic E-state index is 0.0612. The van der Waals surface area contributed by atoms with Crippen LogP contribution in [0.15, 0.2) is 35.7 Å². The molecule has 1 fully saturated rings. The van der Waals surface area contributed by atoms with E-state index < -0.39 is 0 Å². The number of ether oxygens (including phenoxy) is 1. The molecule has 6 heteroatoms. The number of carbonyl (C=O) groups is 2. The van der Waals surface area contributed by atoms with Gasteiger partial charge in [0.1, 0.15) is 6.61 Å². The van der Waals surface area contributed by atoms with Gasteiger partial charge in [-0.1, -0.05) is 24.6 Å². The lowest BCUT2D eigenvalue weighted by Crippen LogP contribution is -2.24. The van der Waals surface area contributed by atoms with Crippen molar-refractivity contribution in [2.75, 3.05) is 4.90 Å². The number of anilines is 2. The Morgan fingerprint density at radius 3 is 2.65 bits per heavy atom. The maximum atomic E-state index is 12.0. The van der Waals surface area contributed by atoms with Gasteiger partial charge in [-0.2, -0.15) is 0 Å². The van der Waals surface area contributed by atoms with Crippen LogP contribution >= 0.6 is 11.3 Å². The summed E-state index contributed by atoms with van der Waals surface area (Å²) in [4.78, 5) is 29.7. The van der Waals surface area contributed by atoms with Crippen LogP contribution in [0, 0.1) is 5.92 Å². The second kappa shape index (κ2) is 6.91. The monoisotopic (exact) mass is 330 g/mol. The number of esters is 1. The molecule has 1 heterocycles. The number of thiazole rings is 1. The molecule has 23 heavy (non-hydrogen) atoms. The summed E-state index contributed by atoms with van der Waals surface area (Å²) in [5, 5.41) is 2.40. The van der Waals surface area contributed by atoms with E-state index in [1.165, 1.54) is 18.3 Å². The summed E-state index contributed by atoms with van der Waals surface area (Å²) in [5.74, 6) is -0.188. The number of hydrogen-bond acceptors (Lipinski definition) is 5. The van der Waals surface area contributed by atoms with Gasteiger partial charge in [-0.15, -0.1) is 11.3 Å². The lowest BCUT2D eigenvalue weighted by molar-refractivity contribution is -0.152. The Balaban J connectivity index is 1.69. The molecular formula is C17H18N2O3S. The Kier molecular flexibility index (Phi) is 4.71. The van der Waals surface area contributed by atoms with Gasteiger partial charge in [-0.3, -0.25) is 14.5 Å². The number of hydrogen-bond donors (Lipinski definition) is 0. The zero-order valence-electron chi connectivity index (χ0n) is 12.9. The first-order valence-corrected chi connectivity index (χ1v) is 8.50. The summed E-state index contributed by atoms with van der Waals surface area (Å²) in [6, 6.07) is 9.37. The molecule has 1 amide bonds. The van der Waals surface area contributed by atoms with Crippen molar-refractivity contribution in [3.05, 3.63) is 41.4 Å². The highest BCUT2D eigenvalue weighted by atomic mass is 32.1. The standard InChI is InChI=1S/C17H18N2O3S/c1-12(20)19(15-8-3-2-4-9-15)17-18-14(11-23-17)10-22-16(21)13-6-5-7-13/h2-4,8-9,11,13H,5-7,10H2,1H3. The molecular weight excluding hydrogens is 312 g/mol. The fourth-order valence-electron chi connectivity index (χ4n) is 2.38. The van der Waals surface area contributed by atoms with E-state index in [1.54, 1.807) is 4.90 Å². The normalized spacial score (nSPS) is 14.1. The molecule has 0 saturated heterocycles. The molecule has 1 saturated carbocycles. The van der Waals surface area contributed by atoms with Crippen LogP contribution in [-0.2, 0) is 20.9 Å². The molecule has 0 N–H and O–H groups in total. The number of nitrogens with zero attached hydrogens (tertiary/aromatic N) is 2. The number of para-hydroxylation sites is 1. The largest absolute Gasteiger partial charge is 0.459 e. The van der Waals surface area contributed by atoms with E-state index in [0.29, 0.717) is 10.8 Å². The van der Waals surface area contributed by atoms with Crippen LogP contribution in [-0.4, -0.2) is 16.9 Å². The van der Waals surface area contributed by atoms with E-state index in [2.05, 4.69) is 4.98 Å². The molecule has 0 spiro atoms. The Labute approximate surface area is 138 Å². The van der Waals surface area contributed by atoms with Gasteiger partial charge < -0.3 is 4.74 Å². The summed E-state index contributed by atoms with van der Waals surface area (Å²) >= 11 is 1.36. The molecule has 0 bridgehead atoms. The van der Waals surface area contributed by atoms with Gasteiger partial charge >= 0.3 is 5.97 Å². The first kappa shape index (κ1) is 15.7. The van der Waals surface area contributed by atoms with Crippen molar-refractivity contribution >= 4 is 34.0 Å². The molecule has 1 aromatic heterocycles. The third kappa shape index (κ3) is 3.59. The van der Waals surface area contributed by atoms with E-state index in [1.807, 2.05) is 35.7 Å². The maximum absolute atomic E-state index is 12.0. The molecule has 3 rings (SSSR count). The smallest absolute Gasteiger partial charge is 0.309 e. The van der Waals surface area contributed by atoms with Crippen LogP contribution in [0.2, 0.25) is 0 Å². The van der Waals surface area contributed by atoms with Gasteiger partial charge in [-0.25, -0.2) is 4.98 Å². The number of aromatic nitrogens is 1. The molecule has 0 radical (unpaired) electrons. The van der Waals surface area contributed by atoms with E-state index in [9.17, 15) is 9.59 Å². The van der Waals surface area contributed by atoms with Crippen molar-refractivity contribution in [3.8, 4) is 0 Å². The van der Waals surface area contributed by atoms with E-state index in [0.717, 1.165) is 24.9 Å². The van der Waals surface area contributed by atoms with E-state index in [4.69, 9.17) is 4.74 Å². The lowest BCUT2D eigenvalue weighted by Gasteiger charge is -2.22. The lowest BCUT2D eigenvalue weighted by atomic mass is 9.86. The van der Waals surface area contributed by atoms with Gasteiger partial charge in [0.15, 0.2) is 5.13 Å². The van der Waals surface area contributed by atoms with Gasteiger partial charge in [0.05, 0.1) is 17.3 Å². The third-order valence-electron chi connectivity index (χ3n) is 3.86. The van der Waals surface area contributed by atoms with Gasteiger partial charge in [0, 0.05) is 12.3 Å². The molecule has 2 aromatic rings. The summed E-state index contributed by atoms with van der Waals surface area (Å²) in [6.07, 6.45) is 2.95. The summed E-state index contributed by atoms with van der Waals surface area (Å²) in [5.41, 5.74) is 1.44.